The third-order valence-corrected chi connectivity index (χ3v) is 4.58. The van der Waals surface area contributed by atoms with Crippen LogP contribution in [0.1, 0.15) is 37.3 Å². The molecule has 0 bridgehead atoms. The van der Waals surface area contributed by atoms with Crippen LogP contribution >= 0.6 is 11.3 Å². The van der Waals surface area contributed by atoms with Crippen molar-refractivity contribution in [2.24, 2.45) is 11.1 Å². The van der Waals surface area contributed by atoms with Crippen LogP contribution in [0.5, 0.6) is 0 Å². The Labute approximate surface area is 113 Å². The summed E-state index contributed by atoms with van der Waals surface area (Å²) in [5.41, 5.74) is 8.42. The van der Waals surface area contributed by atoms with Gasteiger partial charge in [-0.3, -0.25) is 0 Å². The second kappa shape index (κ2) is 5.37. The summed E-state index contributed by atoms with van der Waals surface area (Å²) in [5.74, 6) is 0. The number of aromatic nitrogens is 1. The van der Waals surface area contributed by atoms with Crippen molar-refractivity contribution < 1.29 is 0 Å². The van der Waals surface area contributed by atoms with E-state index in [1.165, 1.54) is 20.8 Å². The van der Waals surface area contributed by atoms with Crippen LogP contribution in [0.3, 0.4) is 0 Å². The predicted molar refractivity (Wildman–Crippen MR) is 80.1 cm³/mol. The Morgan fingerprint density at radius 3 is 2.72 bits per heavy atom. The molecular formula is C15H22N2S. The fourth-order valence-corrected chi connectivity index (χ4v) is 3.24. The van der Waals surface area contributed by atoms with E-state index in [1.807, 2.05) is 11.3 Å². The third kappa shape index (κ3) is 3.09. The maximum Gasteiger partial charge on any atom is 0.0938 e. The Morgan fingerprint density at radius 1 is 1.28 bits per heavy atom. The first-order chi connectivity index (χ1) is 8.52. The normalized spacial score (nSPS) is 12.2. The van der Waals surface area contributed by atoms with E-state index < -0.39 is 0 Å². The minimum atomic E-state index is 0.321. The van der Waals surface area contributed by atoms with Crippen molar-refractivity contribution in [3.63, 3.8) is 0 Å². The van der Waals surface area contributed by atoms with Crippen molar-refractivity contribution in [3.05, 3.63) is 28.8 Å². The number of nitrogens with zero attached hydrogens (tertiary/aromatic N) is 1. The van der Waals surface area contributed by atoms with Crippen LogP contribution in [0.4, 0.5) is 0 Å². The summed E-state index contributed by atoms with van der Waals surface area (Å²) in [7, 11) is 0. The molecule has 2 rings (SSSR count). The fourth-order valence-electron chi connectivity index (χ4n) is 2.20. The van der Waals surface area contributed by atoms with E-state index >= 15 is 0 Å². The van der Waals surface area contributed by atoms with E-state index in [0.717, 1.165) is 25.8 Å². The molecule has 0 aliphatic rings. The van der Waals surface area contributed by atoms with Crippen LogP contribution in [0, 0.1) is 12.3 Å². The summed E-state index contributed by atoms with van der Waals surface area (Å²) in [6.45, 7) is 7.48. The Bertz CT molecular complexity index is 528. The lowest BCUT2D eigenvalue weighted by Gasteiger charge is -2.22. The van der Waals surface area contributed by atoms with Gasteiger partial charge < -0.3 is 5.73 Å². The smallest absolute Gasteiger partial charge is 0.0938 e. The lowest BCUT2D eigenvalue weighted by Crippen LogP contribution is -2.17. The van der Waals surface area contributed by atoms with Gasteiger partial charge in [0.05, 0.1) is 15.2 Å². The third-order valence-electron chi connectivity index (χ3n) is 3.50. The van der Waals surface area contributed by atoms with Crippen molar-refractivity contribution in [2.75, 3.05) is 6.54 Å². The first-order valence-electron chi connectivity index (χ1n) is 6.57. The summed E-state index contributed by atoms with van der Waals surface area (Å²) in [6, 6.07) is 6.40. The monoisotopic (exact) mass is 262 g/mol. The topological polar surface area (TPSA) is 38.9 Å². The van der Waals surface area contributed by atoms with Crippen LogP contribution < -0.4 is 5.73 Å². The average Bonchev–Trinajstić information content (AvgIpc) is 2.71. The SMILES string of the molecule is Cc1cccc2sc(CCC(C)(C)CCN)nc12. The molecule has 3 heteroatoms. The van der Waals surface area contributed by atoms with E-state index in [4.69, 9.17) is 10.7 Å². The van der Waals surface area contributed by atoms with Crippen molar-refractivity contribution >= 4 is 21.6 Å². The molecule has 98 valence electrons. The largest absolute Gasteiger partial charge is 0.330 e. The second-order valence-corrected chi connectivity index (χ2v) is 6.85. The van der Waals surface area contributed by atoms with Gasteiger partial charge >= 0.3 is 0 Å². The van der Waals surface area contributed by atoms with Crippen molar-refractivity contribution in [1.82, 2.24) is 4.98 Å². The Balaban J connectivity index is 2.11. The molecule has 0 spiro atoms. The average molecular weight is 262 g/mol. The van der Waals surface area contributed by atoms with Crippen molar-refractivity contribution in [2.45, 2.75) is 40.0 Å². The highest BCUT2D eigenvalue weighted by Gasteiger charge is 2.17. The molecule has 0 fully saturated rings. The molecule has 0 saturated carbocycles. The minimum absolute atomic E-state index is 0.321. The number of nitrogens with two attached hydrogens (primary N) is 1. The number of benzene rings is 1. The second-order valence-electron chi connectivity index (χ2n) is 5.73. The van der Waals surface area contributed by atoms with Gasteiger partial charge in [0, 0.05) is 0 Å². The summed E-state index contributed by atoms with van der Waals surface area (Å²) in [6.07, 6.45) is 3.30. The number of fused-ring (bicyclic) bond motifs is 1. The fraction of sp³-hybridized carbons (Fsp3) is 0.533. The maximum atomic E-state index is 5.65. The van der Waals surface area contributed by atoms with E-state index in [0.29, 0.717) is 5.41 Å². The number of hydrogen-bond acceptors (Lipinski definition) is 3. The zero-order chi connectivity index (χ0) is 13.2. The van der Waals surface area contributed by atoms with Gasteiger partial charge in [-0.15, -0.1) is 11.3 Å². The van der Waals surface area contributed by atoms with Crippen molar-refractivity contribution in [3.8, 4) is 0 Å². The van der Waals surface area contributed by atoms with Gasteiger partial charge in [0.1, 0.15) is 0 Å². The van der Waals surface area contributed by atoms with E-state index in [1.54, 1.807) is 0 Å². The van der Waals surface area contributed by atoms with Crippen LogP contribution in [0.15, 0.2) is 18.2 Å². The zero-order valence-electron chi connectivity index (χ0n) is 11.5. The number of hydrogen-bond donors (Lipinski definition) is 1. The molecule has 1 aromatic carbocycles. The molecule has 0 aliphatic heterocycles. The molecular weight excluding hydrogens is 240 g/mol. The molecule has 0 aliphatic carbocycles. The zero-order valence-corrected chi connectivity index (χ0v) is 12.3. The lowest BCUT2D eigenvalue weighted by molar-refractivity contribution is 0.313. The summed E-state index contributed by atoms with van der Waals surface area (Å²) >= 11 is 1.83. The summed E-state index contributed by atoms with van der Waals surface area (Å²) < 4.78 is 1.31. The van der Waals surface area contributed by atoms with E-state index in [9.17, 15) is 0 Å². The van der Waals surface area contributed by atoms with Gasteiger partial charge in [-0.25, -0.2) is 4.98 Å². The number of rotatable bonds is 5. The molecule has 0 saturated heterocycles. The first-order valence-corrected chi connectivity index (χ1v) is 7.38. The van der Waals surface area contributed by atoms with Crippen LogP contribution in [0.25, 0.3) is 10.2 Å². The molecule has 0 radical (unpaired) electrons. The summed E-state index contributed by atoms with van der Waals surface area (Å²) in [4.78, 5) is 4.76. The Morgan fingerprint density at radius 2 is 2.06 bits per heavy atom. The molecule has 1 aromatic heterocycles. The number of para-hydroxylation sites is 1. The highest BCUT2D eigenvalue weighted by Crippen LogP contribution is 2.30. The molecule has 1 heterocycles. The molecule has 2 N–H and O–H groups in total. The highest BCUT2D eigenvalue weighted by atomic mass is 32.1. The maximum absolute atomic E-state index is 5.65. The molecule has 2 nitrogen and oxygen atoms in total. The van der Waals surface area contributed by atoms with Gasteiger partial charge in [-0.2, -0.15) is 0 Å². The standard InChI is InChI=1S/C15H22N2S/c1-11-5-4-6-12-14(11)17-13(18-12)7-8-15(2,3)9-10-16/h4-6H,7-10,16H2,1-3H3. The summed E-state index contributed by atoms with van der Waals surface area (Å²) in [5, 5.41) is 1.25. The Kier molecular flexibility index (Phi) is 4.03. The molecule has 18 heavy (non-hydrogen) atoms. The van der Waals surface area contributed by atoms with E-state index in [-0.39, 0.29) is 0 Å². The van der Waals surface area contributed by atoms with Gasteiger partial charge in [0.2, 0.25) is 0 Å². The Hall–Kier alpha value is -0.930. The van der Waals surface area contributed by atoms with Crippen LogP contribution in [-0.4, -0.2) is 11.5 Å². The van der Waals surface area contributed by atoms with E-state index in [2.05, 4.69) is 39.0 Å². The predicted octanol–water partition coefficient (Wildman–Crippen LogP) is 3.91. The quantitative estimate of drug-likeness (QED) is 0.887. The van der Waals surface area contributed by atoms with Crippen molar-refractivity contribution in [1.29, 1.82) is 0 Å². The van der Waals surface area contributed by atoms with Crippen LogP contribution in [0.2, 0.25) is 0 Å². The first kappa shape index (κ1) is 13.5. The molecule has 0 amide bonds. The number of aryl methyl sites for hydroxylation is 2. The van der Waals surface area contributed by atoms with Gasteiger partial charge in [-0.05, 0) is 49.8 Å². The lowest BCUT2D eigenvalue weighted by atomic mass is 9.84. The van der Waals surface area contributed by atoms with Gasteiger partial charge in [0.25, 0.3) is 0 Å². The van der Waals surface area contributed by atoms with Gasteiger partial charge in [-0.1, -0.05) is 26.0 Å². The number of thiazole rings is 1. The molecule has 0 unspecified atom stereocenters. The van der Waals surface area contributed by atoms with Crippen LogP contribution in [-0.2, 0) is 6.42 Å². The molecule has 0 atom stereocenters. The van der Waals surface area contributed by atoms with Gasteiger partial charge in [0.15, 0.2) is 0 Å². The highest BCUT2D eigenvalue weighted by molar-refractivity contribution is 7.18. The molecule has 2 aromatic rings. The minimum Gasteiger partial charge on any atom is -0.330 e.